The van der Waals surface area contributed by atoms with Crippen LogP contribution in [0.15, 0.2) is 66.3 Å². The molecule has 0 N–H and O–H groups in total. The molecule has 3 rings (SSSR count). The van der Waals surface area contributed by atoms with Crippen LogP contribution in [0.4, 0.5) is 4.39 Å². The van der Waals surface area contributed by atoms with Gasteiger partial charge in [-0.1, -0.05) is 24.3 Å². The Morgan fingerprint density at radius 3 is 2.41 bits per heavy atom. The van der Waals surface area contributed by atoms with Crippen molar-refractivity contribution in [2.45, 2.75) is 19.6 Å². The fourth-order valence-electron chi connectivity index (χ4n) is 2.39. The highest BCUT2D eigenvalue weighted by molar-refractivity contribution is 7.09. The molecule has 4 heteroatoms. The van der Waals surface area contributed by atoms with Crippen molar-refractivity contribution in [3.05, 3.63) is 88.1 Å². The number of rotatable bonds is 6. The molecule has 3 aromatic rings. The summed E-state index contributed by atoms with van der Waals surface area (Å²) in [5.41, 5.74) is 2.29. The Kier molecular flexibility index (Phi) is 4.93. The Balaban J connectivity index is 1.74. The molecule has 0 aliphatic carbocycles. The Morgan fingerprint density at radius 2 is 1.73 bits per heavy atom. The lowest BCUT2D eigenvalue weighted by Crippen LogP contribution is -2.22. The third-order valence-electron chi connectivity index (χ3n) is 3.41. The summed E-state index contributed by atoms with van der Waals surface area (Å²) in [6.07, 6.45) is 3.68. The molecule has 112 valence electrons. The van der Waals surface area contributed by atoms with E-state index in [1.54, 1.807) is 17.5 Å². The van der Waals surface area contributed by atoms with Crippen LogP contribution in [0, 0.1) is 5.82 Å². The standard InChI is InChI=1S/C18H17FN2S/c19-17-7-5-15(6-8-17)12-21(14-18-4-2-10-22-18)13-16-3-1-9-20-11-16/h1-11H,12-14H2. The fourth-order valence-corrected chi connectivity index (χ4v) is 3.13. The molecule has 0 bridgehead atoms. The highest BCUT2D eigenvalue weighted by Gasteiger charge is 2.09. The van der Waals surface area contributed by atoms with Crippen molar-refractivity contribution in [2.75, 3.05) is 0 Å². The van der Waals surface area contributed by atoms with Crippen molar-refractivity contribution in [1.82, 2.24) is 9.88 Å². The predicted octanol–water partition coefficient (Wildman–Crippen LogP) is 4.48. The highest BCUT2D eigenvalue weighted by atomic mass is 32.1. The van der Waals surface area contributed by atoms with Gasteiger partial charge in [-0.15, -0.1) is 11.3 Å². The third kappa shape index (κ3) is 4.23. The quantitative estimate of drug-likeness (QED) is 0.667. The van der Waals surface area contributed by atoms with Crippen molar-refractivity contribution in [3.8, 4) is 0 Å². The Morgan fingerprint density at radius 1 is 0.909 bits per heavy atom. The van der Waals surface area contributed by atoms with E-state index in [0.717, 1.165) is 25.2 Å². The maximum atomic E-state index is 13.1. The summed E-state index contributed by atoms with van der Waals surface area (Å²) in [5, 5.41) is 2.09. The zero-order valence-electron chi connectivity index (χ0n) is 12.2. The Bertz CT molecular complexity index is 681. The van der Waals surface area contributed by atoms with Crippen molar-refractivity contribution < 1.29 is 4.39 Å². The molecule has 0 spiro atoms. The molecule has 2 heterocycles. The van der Waals surface area contributed by atoms with Gasteiger partial charge < -0.3 is 0 Å². The van der Waals surface area contributed by atoms with E-state index in [4.69, 9.17) is 0 Å². The van der Waals surface area contributed by atoms with E-state index in [0.29, 0.717) is 0 Å². The van der Waals surface area contributed by atoms with Crippen LogP contribution in [0.25, 0.3) is 0 Å². The topological polar surface area (TPSA) is 16.1 Å². The van der Waals surface area contributed by atoms with Gasteiger partial charge in [-0.2, -0.15) is 0 Å². The summed E-state index contributed by atoms with van der Waals surface area (Å²) in [7, 11) is 0. The van der Waals surface area contributed by atoms with Crippen LogP contribution in [-0.4, -0.2) is 9.88 Å². The van der Waals surface area contributed by atoms with Gasteiger partial charge in [-0.3, -0.25) is 9.88 Å². The lowest BCUT2D eigenvalue weighted by Gasteiger charge is -2.22. The molecule has 0 aliphatic rings. The minimum absolute atomic E-state index is 0.194. The zero-order chi connectivity index (χ0) is 15.2. The number of thiophene rings is 1. The van der Waals surface area contributed by atoms with Crippen LogP contribution in [0.1, 0.15) is 16.0 Å². The van der Waals surface area contributed by atoms with Crippen LogP contribution >= 0.6 is 11.3 Å². The van der Waals surface area contributed by atoms with Crippen molar-refractivity contribution in [1.29, 1.82) is 0 Å². The normalized spacial score (nSPS) is 11.0. The van der Waals surface area contributed by atoms with E-state index < -0.39 is 0 Å². The van der Waals surface area contributed by atoms with Crippen molar-refractivity contribution in [3.63, 3.8) is 0 Å². The van der Waals surface area contributed by atoms with Crippen LogP contribution < -0.4 is 0 Å². The van der Waals surface area contributed by atoms with Gasteiger partial charge in [0.2, 0.25) is 0 Å². The number of aromatic nitrogens is 1. The van der Waals surface area contributed by atoms with Crippen LogP contribution in [0.5, 0.6) is 0 Å². The second kappa shape index (κ2) is 7.29. The summed E-state index contributed by atoms with van der Waals surface area (Å²) >= 11 is 1.76. The lowest BCUT2D eigenvalue weighted by atomic mass is 10.2. The maximum absolute atomic E-state index is 13.1. The van der Waals surface area contributed by atoms with Gasteiger partial charge in [0.15, 0.2) is 0 Å². The highest BCUT2D eigenvalue weighted by Crippen LogP contribution is 2.17. The largest absolute Gasteiger partial charge is 0.290 e. The van der Waals surface area contributed by atoms with Gasteiger partial charge in [-0.25, -0.2) is 4.39 Å². The Labute approximate surface area is 133 Å². The molecule has 22 heavy (non-hydrogen) atoms. The van der Waals surface area contributed by atoms with E-state index >= 15 is 0 Å². The van der Waals surface area contributed by atoms with Crippen molar-refractivity contribution >= 4 is 11.3 Å². The van der Waals surface area contributed by atoms with Crippen molar-refractivity contribution in [2.24, 2.45) is 0 Å². The van der Waals surface area contributed by atoms with Gasteiger partial charge >= 0.3 is 0 Å². The number of pyridine rings is 1. The predicted molar refractivity (Wildman–Crippen MR) is 87.9 cm³/mol. The van der Waals surface area contributed by atoms with E-state index in [-0.39, 0.29) is 5.82 Å². The van der Waals surface area contributed by atoms with E-state index in [1.807, 2.05) is 24.4 Å². The number of halogens is 1. The molecule has 2 nitrogen and oxygen atoms in total. The first-order valence-corrected chi connectivity index (χ1v) is 8.05. The first-order chi connectivity index (χ1) is 10.8. The zero-order valence-corrected chi connectivity index (χ0v) is 13.0. The molecule has 0 saturated carbocycles. The number of nitrogens with zero attached hydrogens (tertiary/aromatic N) is 2. The summed E-state index contributed by atoms with van der Waals surface area (Å²) < 4.78 is 13.1. The molecule has 0 saturated heterocycles. The summed E-state index contributed by atoms with van der Waals surface area (Å²) in [6.45, 7) is 2.49. The minimum atomic E-state index is -0.194. The number of hydrogen-bond acceptors (Lipinski definition) is 3. The van der Waals surface area contributed by atoms with Gasteiger partial charge in [0.25, 0.3) is 0 Å². The molecular weight excluding hydrogens is 295 g/mol. The molecule has 2 aromatic heterocycles. The molecule has 0 radical (unpaired) electrons. The molecule has 0 amide bonds. The smallest absolute Gasteiger partial charge is 0.123 e. The van der Waals surface area contributed by atoms with Crippen LogP contribution in [-0.2, 0) is 19.6 Å². The van der Waals surface area contributed by atoms with Gasteiger partial charge in [-0.05, 0) is 40.8 Å². The second-order valence-electron chi connectivity index (χ2n) is 5.21. The van der Waals surface area contributed by atoms with E-state index in [2.05, 4.69) is 33.5 Å². The molecule has 0 unspecified atom stereocenters. The maximum Gasteiger partial charge on any atom is 0.123 e. The number of benzene rings is 1. The summed E-state index contributed by atoms with van der Waals surface area (Å²) in [6, 6.07) is 15.0. The van der Waals surface area contributed by atoms with E-state index in [9.17, 15) is 4.39 Å². The van der Waals surface area contributed by atoms with Crippen LogP contribution in [0.2, 0.25) is 0 Å². The first kappa shape index (κ1) is 14.9. The third-order valence-corrected chi connectivity index (χ3v) is 4.27. The average Bonchev–Trinajstić information content (AvgIpc) is 3.03. The van der Waals surface area contributed by atoms with E-state index in [1.165, 1.54) is 22.6 Å². The lowest BCUT2D eigenvalue weighted by molar-refractivity contribution is 0.249. The molecular formula is C18H17FN2S. The summed E-state index contributed by atoms with van der Waals surface area (Å²) in [4.78, 5) is 7.85. The SMILES string of the molecule is Fc1ccc(CN(Cc2cccnc2)Cc2cccs2)cc1. The van der Waals surface area contributed by atoms with Gasteiger partial charge in [0.05, 0.1) is 0 Å². The molecule has 1 aromatic carbocycles. The fraction of sp³-hybridized carbons (Fsp3) is 0.167. The number of hydrogen-bond donors (Lipinski definition) is 0. The molecule has 0 atom stereocenters. The molecule has 0 aliphatic heterocycles. The van der Waals surface area contributed by atoms with Crippen LogP contribution in [0.3, 0.4) is 0 Å². The average molecular weight is 312 g/mol. The minimum Gasteiger partial charge on any atom is -0.290 e. The first-order valence-electron chi connectivity index (χ1n) is 7.18. The second-order valence-corrected chi connectivity index (χ2v) is 6.24. The summed E-state index contributed by atoms with van der Waals surface area (Å²) in [5.74, 6) is -0.194. The van der Waals surface area contributed by atoms with Gasteiger partial charge in [0.1, 0.15) is 5.82 Å². The monoisotopic (exact) mass is 312 g/mol. The van der Waals surface area contributed by atoms with Gasteiger partial charge in [0, 0.05) is 36.9 Å². The molecule has 0 fully saturated rings. The Hall–Kier alpha value is -2.04.